The highest BCUT2D eigenvalue weighted by Crippen LogP contribution is 2.26. The molecular weight excluding hydrogens is 240 g/mol. The van der Waals surface area contributed by atoms with E-state index < -0.39 is 0 Å². The zero-order valence-electron chi connectivity index (χ0n) is 11.4. The Bertz CT molecular complexity index is 503. The van der Waals surface area contributed by atoms with E-state index in [1.165, 1.54) is 22.5 Å². The molecule has 0 amide bonds. The molecule has 1 atom stereocenters. The molecule has 2 aromatic rings. The summed E-state index contributed by atoms with van der Waals surface area (Å²) in [6, 6.07) is 9.04. The molecule has 0 fully saturated rings. The number of aryl methyl sites for hydroxylation is 1. The van der Waals surface area contributed by atoms with Crippen LogP contribution in [0.5, 0.6) is 0 Å². The Kier molecular flexibility index (Phi) is 3.92. The van der Waals surface area contributed by atoms with E-state index in [9.17, 15) is 0 Å². The molecule has 3 heteroatoms. The van der Waals surface area contributed by atoms with Crippen molar-refractivity contribution in [2.75, 3.05) is 24.3 Å². The minimum absolute atomic E-state index is 0.347. The lowest BCUT2D eigenvalue weighted by molar-refractivity contribution is 0.888. The SMILES string of the molecule is Cc1cc(N(C)C)ccc1NC(C)c1ccsc1. The monoisotopic (exact) mass is 260 g/mol. The Morgan fingerprint density at radius 2 is 2.00 bits per heavy atom. The van der Waals surface area contributed by atoms with Crippen molar-refractivity contribution in [2.45, 2.75) is 19.9 Å². The molecule has 18 heavy (non-hydrogen) atoms. The molecule has 96 valence electrons. The van der Waals surface area contributed by atoms with Crippen LogP contribution in [0.25, 0.3) is 0 Å². The van der Waals surface area contributed by atoms with Crippen LogP contribution in [-0.2, 0) is 0 Å². The molecular formula is C15H20N2S. The molecule has 1 aromatic carbocycles. The average molecular weight is 260 g/mol. The molecule has 1 aromatic heterocycles. The van der Waals surface area contributed by atoms with Crippen molar-refractivity contribution >= 4 is 22.7 Å². The summed E-state index contributed by atoms with van der Waals surface area (Å²) in [4.78, 5) is 2.12. The molecule has 2 nitrogen and oxygen atoms in total. The van der Waals surface area contributed by atoms with E-state index in [4.69, 9.17) is 0 Å². The van der Waals surface area contributed by atoms with E-state index in [0.29, 0.717) is 6.04 Å². The van der Waals surface area contributed by atoms with Crippen LogP contribution in [0.3, 0.4) is 0 Å². The Balaban J connectivity index is 2.15. The number of anilines is 2. The van der Waals surface area contributed by atoms with Crippen molar-refractivity contribution in [3.8, 4) is 0 Å². The second-order valence-electron chi connectivity index (χ2n) is 4.82. The maximum Gasteiger partial charge on any atom is 0.0493 e. The normalized spacial score (nSPS) is 12.2. The van der Waals surface area contributed by atoms with Gasteiger partial charge in [0.25, 0.3) is 0 Å². The Morgan fingerprint density at radius 3 is 2.56 bits per heavy atom. The zero-order valence-corrected chi connectivity index (χ0v) is 12.2. The van der Waals surface area contributed by atoms with Gasteiger partial charge in [-0.15, -0.1) is 0 Å². The van der Waals surface area contributed by atoms with E-state index in [1.807, 2.05) is 0 Å². The van der Waals surface area contributed by atoms with Crippen LogP contribution in [0.2, 0.25) is 0 Å². The minimum Gasteiger partial charge on any atom is -0.378 e. The molecule has 0 aliphatic carbocycles. The summed E-state index contributed by atoms with van der Waals surface area (Å²) < 4.78 is 0. The smallest absolute Gasteiger partial charge is 0.0493 e. The second kappa shape index (κ2) is 5.44. The van der Waals surface area contributed by atoms with Crippen LogP contribution in [0.1, 0.15) is 24.1 Å². The lowest BCUT2D eigenvalue weighted by Crippen LogP contribution is -2.10. The fourth-order valence-electron chi connectivity index (χ4n) is 1.93. The maximum atomic E-state index is 3.57. The third kappa shape index (κ3) is 2.85. The van der Waals surface area contributed by atoms with Gasteiger partial charge in [0.05, 0.1) is 0 Å². The first-order valence-electron chi connectivity index (χ1n) is 6.14. The van der Waals surface area contributed by atoms with Crippen molar-refractivity contribution in [3.63, 3.8) is 0 Å². The molecule has 1 heterocycles. The molecule has 0 radical (unpaired) electrons. The molecule has 1 N–H and O–H groups in total. The average Bonchev–Trinajstić information content (AvgIpc) is 2.85. The van der Waals surface area contributed by atoms with Crippen molar-refractivity contribution in [1.82, 2.24) is 0 Å². The van der Waals surface area contributed by atoms with Crippen LogP contribution >= 0.6 is 11.3 Å². The van der Waals surface area contributed by atoms with Gasteiger partial charge in [-0.05, 0) is 60.0 Å². The van der Waals surface area contributed by atoms with E-state index in [1.54, 1.807) is 11.3 Å². The summed E-state index contributed by atoms with van der Waals surface area (Å²) in [5.74, 6) is 0. The van der Waals surface area contributed by atoms with Crippen molar-refractivity contribution in [3.05, 3.63) is 46.2 Å². The number of hydrogen-bond acceptors (Lipinski definition) is 3. The number of benzene rings is 1. The van der Waals surface area contributed by atoms with Crippen molar-refractivity contribution in [2.24, 2.45) is 0 Å². The number of nitrogens with zero attached hydrogens (tertiary/aromatic N) is 1. The van der Waals surface area contributed by atoms with Gasteiger partial charge in [-0.1, -0.05) is 0 Å². The zero-order chi connectivity index (χ0) is 13.1. The van der Waals surface area contributed by atoms with Gasteiger partial charge < -0.3 is 10.2 Å². The summed E-state index contributed by atoms with van der Waals surface area (Å²) >= 11 is 1.74. The van der Waals surface area contributed by atoms with Gasteiger partial charge in [0, 0.05) is 31.5 Å². The molecule has 0 spiro atoms. The quantitative estimate of drug-likeness (QED) is 0.882. The van der Waals surface area contributed by atoms with Gasteiger partial charge in [-0.25, -0.2) is 0 Å². The van der Waals surface area contributed by atoms with Gasteiger partial charge in [0.1, 0.15) is 0 Å². The number of nitrogens with one attached hydrogen (secondary N) is 1. The van der Waals surface area contributed by atoms with Gasteiger partial charge in [0.15, 0.2) is 0 Å². The number of rotatable bonds is 4. The number of hydrogen-bond donors (Lipinski definition) is 1. The highest BCUT2D eigenvalue weighted by atomic mass is 32.1. The summed E-state index contributed by atoms with van der Waals surface area (Å²) in [6.07, 6.45) is 0. The van der Waals surface area contributed by atoms with Crippen LogP contribution < -0.4 is 10.2 Å². The van der Waals surface area contributed by atoms with E-state index in [0.717, 1.165) is 0 Å². The second-order valence-corrected chi connectivity index (χ2v) is 5.60. The fraction of sp³-hybridized carbons (Fsp3) is 0.333. The van der Waals surface area contributed by atoms with Crippen LogP contribution in [0, 0.1) is 6.92 Å². The molecule has 1 unspecified atom stereocenters. The lowest BCUT2D eigenvalue weighted by atomic mass is 10.1. The predicted molar refractivity (Wildman–Crippen MR) is 81.9 cm³/mol. The van der Waals surface area contributed by atoms with E-state index in [-0.39, 0.29) is 0 Å². The summed E-state index contributed by atoms with van der Waals surface area (Å²) in [7, 11) is 4.13. The van der Waals surface area contributed by atoms with Crippen LogP contribution in [-0.4, -0.2) is 14.1 Å². The lowest BCUT2D eigenvalue weighted by Gasteiger charge is -2.19. The highest BCUT2D eigenvalue weighted by molar-refractivity contribution is 7.07. The third-order valence-electron chi connectivity index (χ3n) is 3.14. The topological polar surface area (TPSA) is 15.3 Å². The molecule has 0 saturated heterocycles. The standard InChI is InChI=1S/C15H20N2S/c1-11-9-14(17(3)4)5-6-15(11)16-12(2)13-7-8-18-10-13/h5-10,12,16H,1-4H3. The minimum atomic E-state index is 0.347. The summed E-state index contributed by atoms with van der Waals surface area (Å²) in [5, 5.41) is 7.88. The van der Waals surface area contributed by atoms with Gasteiger partial charge >= 0.3 is 0 Å². The first-order chi connectivity index (χ1) is 8.58. The number of thiophene rings is 1. The van der Waals surface area contributed by atoms with Crippen molar-refractivity contribution in [1.29, 1.82) is 0 Å². The molecule has 0 saturated carbocycles. The summed E-state index contributed by atoms with van der Waals surface area (Å²) in [6.45, 7) is 4.34. The fourth-order valence-corrected chi connectivity index (χ4v) is 2.68. The van der Waals surface area contributed by atoms with E-state index >= 15 is 0 Å². The Morgan fingerprint density at radius 1 is 1.22 bits per heavy atom. The Labute approximate surface area is 113 Å². The third-order valence-corrected chi connectivity index (χ3v) is 3.84. The Hall–Kier alpha value is -1.48. The highest BCUT2D eigenvalue weighted by Gasteiger charge is 2.07. The van der Waals surface area contributed by atoms with Gasteiger partial charge in [-0.3, -0.25) is 0 Å². The molecule has 0 aliphatic heterocycles. The predicted octanol–water partition coefficient (Wildman–Crippen LogP) is 4.30. The van der Waals surface area contributed by atoms with Gasteiger partial charge in [0.2, 0.25) is 0 Å². The van der Waals surface area contributed by atoms with Gasteiger partial charge in [-0.2, -0.15) is 11.3 Å². The molecule has 0 bridgehead atoms. The first kappa shape index (κ1) is 13.0. The van der Waals surface area contributed by atoms with Crippen molar-refractivity contribution < 1.29 is 0 Å². The maximum absolute atomic E-state index is 3.57. The molecule has 2 rings (SSSR count). The van der Waals surface area contributed by atoms with Crippen LogP contribution in [0.4, 0.5) is 11.4 Å². The van der Waals surface area contributed by atoms with E-state index in [2.05, 4.69) is 73.2 Å². The molecule has 0 aliphatic rings. The van der Waals surface area contributed by atoms with Crippen LogP contribution in [0.15, 0.2) is 35.0 Å². The summed E-state index contributed by atoms with van der Waals surface area (Å²) in [5.41, 5.74) is 5.07. The largest absolute Gasteiger partial charge is 0.378 e. The first-order valence-corrected chi connectivity index (χ1v) is 7.09.